The van der Waals surface area contributed by atoms with Crippen molar-refractivity contribution in [3.8, 4) is 0 Å². The number of nitrogens with zero attached hydrogens (tertiary/aromatic N) is 2. The Morgan fingerprint density at radius 1 is 1.42 bits per heavy atom. The second-order valence-corrected chi connectivity index (χ2v) is 5.20. The van der Waals surface area contributed by atoms with Crippen LogP contribution in [0.1, 0.15) is 21.3 Å². The zero-order valence-corrected chi connectivity index (χ0v) is 11.0. The van der Waals surface area contributed by atoms with Crippen LogP contribution in [0.2, 0.25) is 0 Å². The van der Waals surface area contributed by atoms with Crippen molar-refractivity contribution in [2.24, 2.45) is 0 Å². The highest BCUT2D eigenvalue weighted by Crippen LogP contribution is 2.21. The Hall–Kier alpha value is -2.21. The van der Waals surface area contributed by atoms with Crippen molar-refractivity contribution in [2.75, 3.05) is 0 Å². The zero-order valence-electron chi connectivity index (χ0n) is 10.2. The van der Waals surface area contributed by atoms with Crippen LogP contribution in [0.5, 0.6) is 0 Å². The summed E-state index contributed by atoms with van der Waals surface area (Å²) in [7, 11) is 0. The molecule has 0 unspecified atom stereocenters. The summed E-state index contributed by atoms with van der Waals surface area (Å²) >= 11 is 1.57. The van der Waals surface area contributed by atoms with Crippen molar-refractivity contribution in [3.63, 3.8) is 0 Å². The van der Waals surface area contributed by atoms with Gasteiger partial charge in [0.25, 0.3) is 5.91 Å². The Labute approximate surface area is 113 Å². The highest BCUT2D eigenvalue weighted by molar-refractivity contribution is 7.18. The van der Waals surface area contributed by atoms with Gasteiger partial charge >= 0.3 is 0 Å². The van der Waals surface area contributed by atoms with E-state index in [2.05, 4.69) is 15.5 Å². The van der Waals surface area contributed by atoms with E-state index in [1.807, 2.05) is 24.3 Å². The zero-order chi connectivity index (χ0) is 13.2. The minimum Gasteiger partial charge on any atom is -0.361 e. The average Bonchev–Trinajstić information content (AvgIpc) is 3.01. The van der Waals surface area contributed by atoms with Crippen LogP contribution in [0.4, 0.5) is 0 Å². The second kappa shape index (κ2) is 4.81. The third-order valence-electron chi connectivity index (χ3n) is 2.60. The van der Waals surface area contributed by atoms with Gasteiger partial charge in [0.2, 0.25) is 0 Å². The Balaban J connectivity index is 1.70. The third-order valence-corrected chi connectivity index (χ3v) is 3.64. The summed E-state index contributed by atoms with van der Waals surface area (Å²) in [6.45, 7) is 2.14. The molecule has 0 saturated carbocycles. The number of amides is 1. The molecule has 2 aromatic heterocycles. The van der Waals surface area contributed by atoms with Gasteiger partial charge in [0.1, 0.15) is 10.8 Å². The van der Waals surface area contributed by atoms with E-state index in [0.717, 1.165) is 15.2 Å². The lowest BCUT2D eigenvalue weighted by atomic mass is 10.3. The van der Waals surface area contributed by atoms with Gasteiger partial charge in [-0.05, 0) is 19.1 Å². The molecule has 0 spiro atoms. The number of thiazole rings is 1. The topological polar surface area (TPSA) is 68.0 Å². The van der Waals surface area contributed by atoms with Crippen LogP contribution in [-0.2, 0) is 6.54 Å². The number of fused-ring (bicyclic) bond motifs is 1. The summed E-state index contributed by atoms with van der Waals surface area (Å²) in [6, 6.07) is 9.49. The van der Waals surface area contributed by atoms with Gasteiger partial charge in [-0.25, -0.2) is 4.98 Å². The molecule has 0 atom stereocenters. The maximum Gasteiger partial charge on any atom is 0.273 e. The van der Waals surface area contributed by atoms with Crippen LogP contribution in [0.3, 0.4) is 0 Å². The quantitative estimate of drug-likeness (QED) is 0.796. The summed E-state index contributed by atoms with van der Waals surface area (Å²) < 4.78 is 5.98. The number of benzene rings is 1. The molecule has 1 N–H and O–H groups in total. The van der Waals surface area contributed by atoms with Crippen LogP contribution >= 0.6 is 11.3 Å². The molecule has 0 saturated heterocycles. The number of hydrogen-bond donors (Lipinski definition) is 1. The van der Waals surface area contributed by atoms with E-state index in [1.165, 1.54) is 0 Å². The summed E-state index contributed by atoms with van der Waals surface area (Å²) in [5, 5.41) is 7.31. The van der Waals surface area contributed by atoms with E-state index >= 15 is 0 Å². The van der Waals surface area contributed by atoms with Gasteiger partial charge in [-0.2, -0.15) is 0 Å². The Kier molecular flexibility index (Phi) is 3.00. The first kappa shape index (κ1) is 11.9. The summed E-state index contributed by atoms with van der Waals surface area (Å²) in [6.07, 6.45) is 0. The molecule has 5 nitrogen and oxygen atoms in total. The molecule has 3 aromatic rings. The first-order chi connectivity index (χ1) is 9.22. The van der Waals surface area contributed by atoms with E-state index in [9.17, 15) is 4.79 Å². The minimum atomic E-state index is -0.254. The van der Waals surface area contributed by atoms with Crippen molar-refractivity contribution in [1.29, 1.82) is 0 Å². The SMILES string of the molecule is Cc1cc(C(=O)NCc2nc3ccccc3s2)no1. The molecule has 6 heteroatoms. The average molecular weight is 273 g/mol. The van der Waals surface area contributed by atoms with E-state index in [4.69, 9.17) is 4.52 Å². The van der Waals surface area contributed by atoms with Crippen LogP contribution in [-0.4, -0.2) is 16.0 Å². The fourth-order valence-electron chi connectivity index (χ4n) is 1.72. The Morgan fingerprint density at radius 2 is 2.26 bits per heavy atom. The molecule has 3 rings (SSSR count). The van der Waals surface area contributed by atoms with Gasteiger partial charge in [-0.15, -0.1) is 11.3 Å². The number of hydrogen-bond acceptors (Lipinski definition) is 5. The molecule has 0 aliphatic heterocycles. The fraction of sp³-hybridized carbons (Fsp3) is 0.154. The smallest absolute Gasteiger partial charge is 0.273 e. The number of rotatable bonds is 3. The lowest BCUT2D eigenvalue weighted by Gasteiger charge is -1.98. The number of carbonyl (C=O) groups excluding carboxylic acids is 1. The van der Waals surface area contributed by atoms with E-state index in [0.29, 0.717) is 18.0 Å². The largest absolute Gasteiger partial charge is 0.361 e. The monoisotopic (exact) mass is 273 g/mol. The first-order valence-corrected chi connectivity index (χ1v) is 6.60. The summed E-state index contributed by atoms with van der Waals surface area (Å²) in [5.41, 5.74) is 1.24. The molecule has 2 heterocycles. The number of aryl methyl sites for hydroxylation is 1. The standard InChI is InChI=1S/C13H11N3O2S/c1-8-6-10(16-18-8)13(17)14-7-12-15-9-4-2-3-5-11(9)19-12/h2-6H,7H2,1H3,(H,14,17). The molecule has 96 valence electrons. The fourth-order valence-corrected chi connectivity index (χ4v) is 2.62. The lowest BCUT2D eigenvalue weighted by molar-refractivity contribution is 0.0942. The maximum atomic E-state index is 11.8. The van der Waals surface area contributed by atoms with E-state index < -0.39 is 0 Å². The molecular weight excluding hydrogens is 262 g/mol. The van der Waals surface area contributed by atoms with Crippen molar-refractivity contribution in [2.45, 2.75) is 13.5 Å². The van der Waals surface area contributed by atoms with Gasteiger partial charge in [0.15, 0.2) is 5.69 Å². The molecule has 0 fully saturated rings. The highest BCUT2D eigenvalue weighted by atomic mass is 32.1. The molecule has 1 amide bonds. The van der Waals surface area contributed by atoms with Gasteiger partial charge in [0.05, 0.1) is 16.8 Å². The molecule has 0 aliphatic rings. The minimum absolute atomic E-state index is 0.254. The van der Waals surface area contributed by atoms with Crippen molar-refractivity contribution in [3.05, 3.63) is 46.8 Å². The van der Waals surface area contributed by atoms with Crippen molar-refractivity contribution in [1.82, 2.24) is 15.5 Å². The van der Waals surface area contributed by atoms with Crippen LogP contribution < -0.4 is 5.32 Å². The Bertz CT molecular complexity index is 699. The summed E-state index contributed by atoms with van der Waals surface area (Å²) in [5.74, 6) is 0.362. The molecular formula is C13H11N3O2S. The van der Waals surface area contributed by atoms with E-state index in [1.54, 1.807) is 24.3 Å². The summed E-state index contributed by atoms with van der Waals surface area (Å²) in [4.78, 5) is 16.2. The molecule has 0 aliphatic carbocycles. The van der Waals surface area contributed by atoms with Gasteiger partial charge in [-0.3, -0.25) is 4.79 Å². The van der Waals surface area contributed by atoms with E-state index in [-0.39, 0.29) is 5.91 Å². The first-order valence-electron chi connectivity index (χ1n) is 5.78. The van der Waals surface area contributed by atoms with Crippen molar-refractivity contribution < 1.29 is 9.32 Å². The van der Waals surface area contributed by atoms with Crippen molar-refractivity contribution >= 4 is 27.5 Å². The number of aromatic nitrogens is 2. The number of nitrogens with one attached hydrogen (secondary N) is 1. The third kappa shape index (κ3) is 2.48. The number of para-hydroxylation sites is 1. The van der Waals surface area contributed by atoms with Gasteiger partial charge in [0, 0.05) is 6.07 Å². The number of carbonyl (C=O) groups is 1. The molecule has 0 bridgehead atoms. The van der Waals surface area contributed by atoms with Gasteiger partial charge < -0.3 is 9.84 Å². The molecule has 0 radical (unpaired) electrons. The second-order valence-electron chi connectivity index (χ2n) is 4.08. The Morgan fingerprint density at radius 3 is 3.00 bits per heavy atom. The van der Waals surface area contributed by atoms with Crippen LogP contribution in [0, 0.1) is 6.92 Å². The van der Waals surface area contributed by atoms with Crippen LogP contribution in [0.25, 0.3) is 10.2 Å². The normalized spacial score (nSPS) is 10.8. The van der Waals surface area contributed by atoms with Gasteiger partial charge in [-0.1, -0.05) is 17.3 Å². The predicted octanol–water partition coefficient (Wildman–Crippen LogP) is 2.52. The maximum absolute atomic E-state index is 11.8. The molecule has 1 aromatic carbocycles. The lowest BCUT2D eigenvalue weighted by Crippen LogP contribution is -2.22. The molecule has 19 heavy (non-hydrogen) atoms. The van der Waals surface area contributed by atoms with Crippen LogP contribution in [0.15, 0.2) is 34.9 Å². The highest BCUT2D eigenvalue weighted by Gasteiger charge is 2.11. The predicted molar refractivity (Wildman–Crippen MR) is 72.0 cm³/mol.